The Balaban J connectivity index is 1.84. The molecule has 1 aliphatic carbocycles. The first-order valence-corrected chi connectivity index (χ1v) is 13.2. The molecule has 1 atom stereocenters. The number of rotatable bonds is 8. The summed E-state index contributed by atoms with van der Waals surface area (Å²) < 4.78 is 42.5. The lowest BCUT2D eigenvalue weighted by molar-refractivity contribution is -0.141. The van der Waals surface area contributed by atoms with Crippen molar-refractivity contribution in [3.63, 3.8) is 0 Å². The molecule has 8 heteroatoms. The second kappa shape index (κ2) is 9.93. The minimum atomic E-state index is -4.23. The van der Waals surface area contributed by atoms with E-state index in [9.17, 15) is 18.0 Å². The molecule has 7 nitrogen and oxygen atoms in total. The van der Waals surface area contributed by atoms with Gasteiger partial charge in [0.15, 0.2) is 5.75 Å². The topological polar surface area (TPSA) is 96.0 Å². The monoisotopic (exact) mass is 510 g/mol. The summed E-state index contributed by atoms with van der Waals surface area (Å²) in [6.07, 6.45) is 3.86. The van der Waals surface area contributed by atoms with Crippen LogP contribution in [0.1, 0.15) is 64.4 Å². The van der Waals surface area contributed by atoms with E-state index in [1.165, 1.54) is 19.2 Å². The number of esters is 2. The molecule has 2 aromatic carbocycles. The molecule has 2 aromatic rings. The Bertz CT molecular complexity index is 1380. The van der Waals surface area contributed by atoms with Crippen molar-refractivity contribution < 1.29 is 31.7 Å². The van der Waals surface area contributed by atoms with E-state index in [1.54, 1.807) is 18.2 Å². The fourth-order valence-corrected chi connectivity index (χ4v) is 6.00. The molecular weight excluding hydrogens is 480 g/mol. The Hall–Kier alpha value is -3.39. The van der Waals surface area contributed by atoms with Gasteiger partial charge in [-0.15, -0.1) is 0 Å². The SMILES string of the molecule is C=Cc1c(C)c2c(c(OS(=O)(=O)c3ccc(C)cc3)c1CC1=C(C)C(CC(=O)OC)CC1)C(=O)OC2. The summed E-state index contributed by atoms with van der Waals surface area (Å²) in [5.41, 5.74) is 5.91. The summed E-state index contributed by atoms with van der Waals surface area (Å²) in [5, 5.41) is 0. The summed E-state index contributed by atoms with van der Waals surface area (Å²) in [4.78, 5) is 24.6. The second-order valence-corrected chi connectivity index (χ2v) is 10.9. The third-order valence-corrected chi connectivity index (χ3v) is 8.47. The van der Waals surface area contributed by atoms with Gasteiger partial charge >= 0.3 is 22.1 Å². The Morgan fingerprint density at radius 1 is 1.19 bits per heavy atom. The molecule has 190 valence electrons. The zero-order valence-electron chi connectivity index (χ0n) is 21.0. The maximum atomic E-state index is 13.3. The third kappa shape index (κ3) is 4.69. The molecule has 0 aromatic heterocycles. The molecule has 2 aliphatic rings. The predicted molar refractivity (Wildman–Crippen MR) is 135 cm³/mol. The molecule has 0 fully saturated rings. The van der Waals surface area contributed by atoms with Gasteiger partial charge in [-0.05, 0) is 69.2 Å². The first-order valence-electron chi connectivity index (χ1n) is 11.8. The van der Waals surface area contributed by atoms with E-state index in [4.69, 9.17) is 13.7 Å². The van der Waals surface area contributed by atoms with Crippen LogP contribution < -0.4 is 4.18 Å². The number of hydrogen-bond donors (Lipinski definition) is 0. The van der Waals surface area contributed by atoms with Gasteiger partial charge in [0.2, 0.25) is 0 Å². The smallest absolute Gasteiger partial charge is 0.342 e. The van der Waals surface area contributed by atoms with Crippen LogP contribution in [-0.4, -0.2) is 27.5 Å². The van der Waals surface area contributed by atoms with Gasteiger partial charge in [0.1, 0.15) is 17.1 Å². The van der Waals surface area contributed by atoms with Crippen LogP contribution in [0.2, 0.25) is 0 Å². The van der Waals surface area contributed by atoms with Gasteiger partial charge < -0.3 is 13.7 Å². The molecule has 0 amide bonds. The number of ether oxygens (including phenoxy) is 2. The molecule has 0 N–H and O–H groups in total. The van der Waals surface area contributed by atoms with Crippen molar-refractivity contribution in [1.29, 1.82) is 0 Å². The zero-order chi connectivity index (χ0) is 26.2. The molecule has 0 bridgehead atoms. The zero-order valence-corrected chi connectivity index (χ0v) is 21.8. The van der Waals surface area contributed by atoms with Gasteiger partial charge in [-0.3, -0.25) is 4.79 Å². The molecule has 1 heterocycles. The van der Waals surface area contributed by atoms with Crippen molar-refractivity contribution >= 4 is 28.1 Å². The van der Waals surface area contributed by atoms with Crippen molar-refractivity contribution in [2.75, 3.05) is 7.11 Å². The van der Waals surface area contributed by atoms with E-state index in [0.29, 0.717) is 24.0 Å². The lowest BCUT2D eigenvalue weighted by atomic mass is 9.88. The van der Waals surface area contributed by atoms with Gasteiger partial charge in [-0.25, -0.2) is 4.79 Å². The number of methoxy groups -OCH3 is 1. The van der Waals surface area contributed by atoms with Crippen LogP contribution in [0.25, 0.3) is 6.08 Å². The minimum Gasteiger partial charge on any atom is -0.469 e. The van der Waals surface area contributed by atoms with E-state index < -0.39 is 16.1 Å². The van der Waals surface area contributed by atoms with Gasteiger partial charge in [-0.1, -0.05) is 41.5 Å². The first kappa shape index (κ1) is 25.7. The lowest BCUT2D eigenvalue weighted by Gasteiger charge is -2.20. The molecule has 0 radical (unpaired) electrons. The molecule has 0 saturated carbocycles. The van der Waals surface area contributed by atoms with Crippen LogP contribution in [-0.2, 0) is 37.4 Å². The van der Waals surface area contributed by atoms with Crippen LogP contribution in [0.15, 0.2) is 46.9 Å². The highest BCUT2D eigenvalue weighted by Gasteiger charge is 2.36. The predicted octanol–water partition coefficient (Wildman–Crippen LogP) is 5.22. The Morgan fingerprint density at radius 2 is 1.89 bits per heavy atom. The van der Waals surface area contributed by atoms with Gasteiger partial charge in [0, 0.05) is 11.1 Å². The normalized spacial score (nSPS) is 17.1. The van der Waals surface area contributed by atoms with Gasteiger partial charge in [0.05, 0.1) is 13.5 Å². The van der Waals surface area contributed by atoms with Crippen molar-refractivity contribution in [2.45, 2.75) is 58.0 Å². The number of allylic oxidation sites excluding steroid dienone is 2. The minimum absolute atomic E-state index is 0.00528. The molecular formula is C28H30O7S. The number of fused-ring (bicyclic) bond motifs is 1. The number of aryl methyl sites for hydroxylation is 1. The fourth-order valence-electron chi connectivity index (χ4n) is 5.03. The standard InChI is InChI=1S/C28H30O7S/c1-6-22-18(4)24-15-34-28(30)26(24)27(35-36(31,32)21-11-7-16(2)8-12-21)23(22)13-19-9-10-20(17(19)3)14-25(29)33-5/h6-8,11-12,20H,1,9-10,13-15H2,2-5H3. The summed E-state index contributed by atoms with van der Waals surface area (Å²) in [7, 11) is -2.86. The van der Waals surface area contributed by atoms with Crippen molar-refractivity contribution in [3.8, 4) is 5.75 Å². The average molecular weight is 511 g/mol. The summed E-state index contributed by atoms with van der Waals surface area (Å²) in [6.45, 7) is 9.72. The Morgan fingerprint density at radius 3 is 2.53 bits per heavy atom. The summed E-state index contributed by atoms with van der Waals surface area (Å²) in [6, 6.07) is 6.34. The van der Waals surface area contributed by atoms with Crippen LogP contribution in [0.5, 0.6) is 5.75 Å². The highest BCUT2D eigenvalue weighted by Crippen LogP contribution is 2.44. The molecule has 4 rings (SSSR count). The molecule has 1 aliphatic heterocycles. The van der Waals surface area contributed by atoms with Crippen LogP contribution >= 0.6 is 0 Å². The van der Waals surface area contributed by atoms with Crippen molar-refractivity contribution in [1.82, 2.24) is 0 Å². The largest absolute Gasteiger partial charge is 0.469 e. The third-order valence-electron chi connectivity index (χ3n) is 7.24. The summed E-state index contributed by atoms with van der Waals surface area (Å²) in [5.74, 6) is -0.831. The first-order chi connectivity index (χ1) is 17.1. The second-order valence-electron chi connectivity index (χ2n) is 9.31. The maximum Gasteiger partial charge on any atom is 0.342 e. The Labute approximate surface area is 211 Å². The molecule has 0 saturated heterocycles. The van der Waals surface area contributed by atoms with E-state index in [2.05, 4.69) is 6.58 Å². The number of hydrogen-bond acceptors (Lipinski definition) is 7. The van der Waals surface area contributed by atoms with Crippen LogP contribution in [0, 0.1) is 19.8 Å². The maximum absolute atomic E-state index is 13.3. The van der Waals surface area contributed by atoms with Gasteiger partial charge in [-0.2, -0.15) is 8.42 Å². The number of carbonyl (C=O) groups excluding carboxylic acids is 2. The van der Waals surface area contributed by atoms with Crippen molar-refractivity contribution in [2.24, 2.45) is 5.92 Å². The molecule has 36 heavy (non-hydrogen) atoms. The number of carbonyl (C=O) groups is 2. The van der Waals surface area contributed by atoms with E-state index in [1.807, 2.05) is 20.8 Å². The summed E-state index contributed by atoms with van der Waals surface area (Å²) >= 11 is 0. The highest BCUT2D eigenvalue weighted by molar-refractivity contribution is 7.87. The van der Waals surface area contributed by atoms with E-state index in [-0.39, 0.29) is 34.7 Å². The molecule has 1 unspecified atom stereocenters. The quantitative estimate of drug-likeness (QED) is 0.273. The fraction of sp³-hybridized carbons (Fsp3) is 0.357. The Kier molecular flexibility index (Phi) is 7.09. The van der Waals surface area contributed by atoms with E-state index in [0.717, 1.165) is 40.7 Å². The van der Waals surface area contributed by atoms with E-state index >= 15 is 0 Å². The highest BCUT2D eigenvalue weighted by atomic mass is 32.2. The average Bonchev–Trinajstić information content (AvgIpc) is 3.39. The van der Waals surface area contributed by atoms with Gasteiger partial charge in [0.25, 0.3) is 0 Å². The van der Waals surface area contributed by atoms with Crippen LogP contribution in [0.4, 0.5) is 0 Å². The number of cyclic esters (lactones) is 1. The van der Waals surface area contributed by atoms with Crippen molar-refractivity contribution in [3.05, 3.63) is 75.4 Å². The molecule has 0 spiro atoms. The number of benzene rings is 2. The van der Waals surface area contributed by atoms with Crippen LogP contribution in [0.3, 0.4) is 0 Å². The lowest BCUT2D eigenvalue weighted by Crippen LogP contribution is -2.16.